The quantitative estimate of drug-likeness (QED) is 0.755. The standard InChI is InChI=1S/C22H22N2O3/c1-12-8-9-15-10-22(20(25)19(15)14(12)3)17(11-23-24-22)16-7-5-6-13(2)18(16)21(26)27-4/h5-9,17H,10-11H2,1-4H3/t17-,22-/m1/s1. The fourth-order valence-electron chi connectivity index (χ4n) is 4.47. The molecule has 0 unspecified atom stereocenters. The minimum Gasteiger partial charge on any atom is -0.465 e. The summed E-state index contributed by atoms with van der Waals surface area (Å²) in [6.07, 6.45) is 0.519. The number of Topliss-reactive ketones (excluding diaryl/α,β-unsaturated/α-hetero) is 1. The number of nitrogens with zero attached hydrogens (tertiary/aromatic N) is 2. The van der Waals surface area contributed by atoms with Gasteiger partial charge < -0.3 is 4.74 Å². The Labute approximate surface area is 158 Å². The highest BCUT2D eigenvalue weighted by molar-refractivity contribution is 6.10. The first-order valence-electron chi connectivity index (χ1n) is 9.11. The second-order valence-electron chi connectivity index (χ2n) is 7.48. The molecule has 2 aliphatic rings. The highest BCUT2D eigenvalue weighted by atomic mass is 16.5. The second-order valence-corrected chi connectivity index (χ2v) is 7.48. The van der Waals surface area contributed by atoms with Crippen LogP contribution in [0.3, 0.4) is 0 Å². The summed E-state index contributed by atoms with van der Waals surface area (Å²) in [5.41, 5.74) is 5.07. The van der Waals surface area contributed by atoms with Crippen LogP contribution in [0.25, 0.3) is 0 Å². The van der Waals surface area contributed by atoms with E-state index in [1.54, 1.807) is 0 Å². The van der Waals surface area contributed by atoms with Gasteiger partial charge in [-0.2, -0.15) is 10.2 Å². The van der Waals surface area contributed by atoms with Gasteiger partial charge in [0.05, 0.1) is 19.2 Å². The van der Waals surface area contributed by atoms with E-state index >= 15 is 0 Å². The molecule has 2 aromatic carbocycles. The fourth-order valence-corrected chi connectivity index (χ4v) is 4.47. The molecular formula is C22H22N2O3. The molecule has 1 heterocycles. The van der Waals surface area contributed by atoms with Crippen molar-refractivity contribution in [2.24, 2.45) is 10.2 Å². The predicted molar refractivity (Wildman–Crippen MR) is 102 cm³/mol. The van der Waals surface area contributed by atoms with Crippen molar-refractivity contribution in [1.29, 1.82) is 0 Å². The molecule has 5 heteroatoms. The number of ether oxygens (including phenoxy) is 1. The summed E-state index contributed by atoms with van der Waals surface area (Å²) in [7, 11) is 1.38. The number of azo groups is 1. The van der Waals surface area contributed by atoms with Gasteiger partial charge in [-0.05, 0) is 48.6 Å². The molecular weight excluding hydrogens is 340 g/mol. The number of ketones is 1. The number of esters is 1. The maximum atomic E-state index is 13.5. The van der Waals surface area contributed by atoms with Gasteiger partial charge in [0.2, 0.25) is 0 Å². The lowest BCUT2D eigenvalue weighted by molar-refractivity contribution is 0.0596. The van der Waals surface area contributed by atoms with Crippen molar-refractivity contribution in [3.63, 3.8) is 0 Å². The summed E-state index contributed by atoms with van der Waals surface area (Å²) in [6.45, 7) is 6.27. The van der Waals surface area contributed by atoms with Crippen LogP contribution in [-0.4, -0.2) is 30.9 Å². The molecule has 2 atom stereocenters. The lowest BCUT2D eigenvalue weighted by atomic mass is 9.75. The molecule has 0 fully saturated rings. The Morgan fingerprint density at radius 2 is 1.93 bits per heavy atom. The van der Waals surface area contributed by atoms with Crippen LogP contribution < -0.4 is 0 Å². The van der Waals surface area contributed by atoms with Gasteiger partial charge in [-0.25, -0.2) is 4.79 Å². The van der Waals surface area contributed by atoms with Crippen molar-refractivity contribution in [1.82, 2.24) is 0 Å². The third-order valence-corrected chi connectivity index (χ3v) is 6.06. The molecule has 5 nitrogen and oxygen atoms in total. The molecule has 27 heavy (non-hydrogen) atoms. The van der Waals surface area contributed by atoms with E-state index in [1.807, 2.05) is 51.1 Å². The van der Waals surface area contributed by atoms with Gasteiger partial charge in [0.1, 0.15) is 0 Å². The summed E-state index contributed by atoms with van der Waals surface area (Å²) < 4.78 is 5.01. The Balaban J connectivity index is 1.87. The van der Waals surface area contributed by atoms with Crippen molar-refractivity contribution in [2.45, 2.75) is 38.6 Å². The van der Waals surface area contributed by atoms with Crippen LogP contribution in [0.4, 0.5) is 0 Å². The summed E-state index contributed by atoms with van der Waals surface area (Å²) in [5, 5.41) is 8.74. The van der Waals surface area contributed by atoms with E-state index in [2.05, 4.69) is 10.2 Å². The van der Waals surface area contributed by atoms with Crippen molar-refractivity contribution in [3.05, 3.63) is 69.3 Å². The minimum atomic E-state index is -0.961. The molecule has 138 valence electrons. The second kappa shape index (κ2) is 6.12. The molecule has 1 spiro atoms. The van der Waals surface area contributed by atoms with Crippen LogP contribution >= 0.6 is 0 Å². The van der Waals surface area contributed by atoms with Crippen molar-refractivity contribution in [2.75, 3.05) is 13.7 Å². The molecule has 0 radical (unpaired) electrons. The monoisotopic (exact) mass is 362 g/mol. The number of aryl methyl sites for hydroxylation is 2. The number of fused-ring (bicyclic) bond motifs is 1. The number of benzene rings is 2. The van der Waals surface area contributed by atoms with Crippen LogP contribution in [-0.2, 0) is 11.2 Å². The SMILES string of the molecule is COC(=O)c1c(C)cccc1[C@H]1CN=N[C@]12Cc1ccc(C)c(C)c1C2=O. The molecule has 1 aliphatic carbocycles. The summed E-state index contributed by atoms with van der Waals surface area (Å²) in [4.78, 5) is 26.0. The van der Waals surface area contributed by atoms with Crippen LogP contribution in [0, 0.1) is 20.8 Å². The van der Waals surface area contributed by atoms with Gasteiger partial charge >= 0.3 is 5.97 Å². The number of methoxy groups -OCH3 is 1. The van der Waals surface area contributed by atoms with Crippen LogP contribution in [0.5, 0.6) is 0 Å². The average molecular weight is 362 g/mol. The van der Waals surface area contributed by atoms with E-state index in [-0.39, 0.29) is 17.7 Å². The highest BCUT2D eigenvalue weighted by Crippen LogP contribution is 2.48. The lowest BCUT2D eigenvalue weighted by Crippen LogP contribution is -2.39. The number of hydrogen-bond donors (Lipinski definition) is 0. The zero-order valence-electron chi connectivity index (χ0n) is 16.0. The molecule has 0 amide bonds. The zero-order chi connectivity index (χ0) is 19.3. The van der Waals surface area contributed by atoms with Crippen molar-refractivity contribution < 1.29 is 14.3 Å². The topological polar surface area (TPSA) is 68.1 Å². The van der Waals surface area contributed by atoms with Gasteiger partial charge in [-0.15, -0.1) is 0 Å². The van der Waals surface area contributed by atoms with E-state index in [0.29, 0.717) is 18.5 Å². The first-order chi connectivity index (χ1) is 12.9. The lowest BCUT2D eigenvalue weighted by Gasteiger charge is -2.27. The molecule has 0 aromatic heterocycles. The third kappa shape index (κ3) is 2.37. The maximum absolute atomic E-state index is 13.5. The number of hydrogen-bond acceptors (Lipinski definition) is 5. The normalized spacial score (nSPS) is 23.1. The highest BCUT2D eigenvalue weighted by Gasteiger charge is 2.55. The molecule has 2 aromatic rings. The Bertz CT molecular complexity index is 1010. The Morgan fingerprint density at radius 1 is 1.15 bits per heavy atom. The molecule has 0 bridgehead atoms. The van der Waals surface area contributed by atoms with Crippen LogP contribution in [0.15, 0.2) is 40.6 Å². The zero-order valence-corrected chi connectivity index (χ0v) is 16.0. The fraction of sp³-hybridized carbons (Fsp3) is 0.364. The number of carbonyl (C=O) groups is 2. The van der Waals surface area contributed by atoms with E-state index in [9.17, 15) is 9.59 Å². The van der Waals surface area contributed by atoms with Crippen LogP contribution in [0.1, 0.15) is 54.5 Å². The number of carbonyl (C=O) groups excluding carboxylic acids is 2. The van der Waals surface area contributed by atoms with Crippen molar-refractivity contribution in [3.8, 4) is 0 Å². The minimum absolute atomic E-state index is 0.0160. The Hall–Kier alpha value is -2.82. The van der Waals surface area contributed by atoms with Gasteiger partial charge in [-0.3, -0.25) is 4.79 Å². The Morgan fingerprint density at radius 3 is 2.67 bits per heavy atom. The molecule has 0 saturated heterocycles. The number of rotatable bonds is 2. The van der Waals surface area contributed by atoms with Gasteiger partial charge in [-0.1, -0.05) is 30.3 Å². The van der Waals surface area contributed by atoms with Gasteiger partial charge in [0.25, 0.3) is 0 Å². The predicted octanol–water partition coefficient (Wildman–Crippen LogP) is 4.13. The molecule has 0 saturated carbocycles. The first-order valence-corrected chi connectivity index (χ1v) is 9.11. The molecule has 4 rings (SSSR count). The largest absolute Gasteiger partial charge is 0.465 e. The molecule has 0 N–H and O–H groups in total. The van der Waals surface area contributed by atoms with E-state index in [1.165, 1.54) is 7.11 Å². The van der Waals surface area contributed by atoms with Gasteiger partial charge in [0, 0.05) is 17.9 Å². The third-order valence-electron chi connectivity index (χ3n) is 6.06. The Kier molecular flexibility index (Phi) is 3.98. The van der Waals surface area contributed by atoms with E-state index < -0.39 is 5.54 Å². The van der Waals surface area contributed by atoms with Crippen molar-refractivity contribution >= 4 is 11.8 Å². The average Bonchev–Trinajstić information content (AvgIpc) is 3.20. The van der Waals surface area contributed by atoms with E-state index in [0.717, 1.165) is 33.4 Å². The first kappa shape index (κ1) is 17.6. The maximum Gasteiger partial charge on any atom is 0.338 e. The summed E-state index contributed by atoms with van der Waals surface area (Å²) in [6, 6.07) is 9.76. The van der Waals surface area contributed by atoms with E-state index in [4.69, 9.17) is 4.74 Å². The molecule has 1 aliphatic heterocycles. The van der Waals surface area contributed by atoms with Gasteiger partial charge in [0.15, 0.2) is 11.3 Å². The smallest absolute Gasteiger partial charge is 0.338 e. The van der Waals surface area contributed by atoms with Crippen LogP contribution in [0.2, 0.25) is 0 Å². The summed E-state index contributed by atoms with van der Waals surface area (Å²) >= 11 is 0. The summed E-state index contributed by atoms with van der Waals surface area (Å²) in [5.74, 6) is -0.645.